The number of aliphatic imine (C=N–C) groups is 1. The maximum atomic E-state index is 11.5. The van der Waals surface area contributed by atoms with E-state index in [1.165, 1.54) is 16.9 Å². The fourth-order valence-corrected chi connectivity index (χ4v) is 2.91. The topological polar surface area (TPSA) is 105 Å². The molecular formula is C13H27N7O2S. The van der Waals surface area contributed by atoms with E-state index in [9.17, 15) is 8.42 Å². The highest BCUT2D eigenvalue weighted by molar-refractivity contribution is 7.88. The van der Waals surface area contributed by atoms with Crippen LogP contribution < -0.4 is 10.6 Å². The van der Waals surface area contributed by atoms with Gasteiger partial charge in [0, 0.05) is 33.2 Å². The van der Waals surface area contributed by atoms with Crippen LogP contribution in [-0.4, -0.2) is 65.9 Å². The Morgan fingerprint density at radius 2 is 2.13 bits per heavy atom. The van der Waals surface area contributed by atoms with Crippen molar-refractivity contribution in [2.75, 3.05) is 32.4 Å². The smallest absolute Gasteiger partial charge is 0.211 e. The van der Waals surface area contributed by atoms with Crippen molar-refractivity contribution in [3.05, 3.63) is 12.2 Å². The largest absolute Gasteiger partial charge is 0.357 e. The number of guanidine groups is 1. The zero-order chi connectivity index (χ0) is 17.3. The summed E-state index contributed by atoms with van der Waals surface area (Å²) in [4.78, 5) is 8.56. The molecule has 0 spiro atoms. The van der Waals surface area contributed by atoms with E-state index in [0.717, 1.165) is 12.4 Å². The third-order valence-corrected chi connectivity index (χ3v) is 4.61. The molecule has 0 amide bonds. The minimum Gasteiger partial charge on any atom is -0.357 e. The van der Waals surface area contributed by atoms with Crippen LogP contribution in [0.2, 0.25) is 0 Å². The van der Waals surface area contributed by atoms with Crippen molar-refractivity contribution in [2.45, 2.75) is 26.8 Å². The van der Waals surface area contributed by atoms with E-state index >= 15 is 0 Å². The maximum Gasteiger partial charge on any atom is 0.211 e. The Labute approximate surface area is 138 Å². The van der Waals surface area contributed by atoms with Crippen molar-refractivity contribution in [3.8, 4) is 0 Å². The summed E-state index contributed by atoms with van der Waals surface area (Å²) < 4.78 is 26.2. The van der Waals surface area contributed by atoms with Crippen molar-refractivity contribution in [2.24, 2.45) is 12.0 Å². The van der Waals surface area contributed by atoms with Gasteiger partial charge in [-0.1, -0.05) is 6.92 Å². The highest BCUT2D eigenvalue weighted by Gasteiger charge is 2.13. The van der Waals surface area contributed by atoms with Crippen LogP contribution in [0.5, 0.6) is 0 Å². The van der Waals surface area contributed by atoms with Crippen molar-refractivity contribution in [1.82, 2.24) is 29.7 Å². The molecule has 0 saturated heterocycles. The molecule has 0 aromatic carbocycles. The number of hydrogen-bond donors (Lipinski definition) is 2. The highest BCUT2D eigenvalue weighted by atomic mass is 32.2. The molecule has 0 aliphatic heterocycles. The van der Waals surface area contributed by atoms with E-state index in [2.05, 4.69) is 25.7 Å². The summed E-state index contributed by atoms with van der Waals surface area (Å²) in [6.45, 7) is 6.61. The monoisotopic (exact) mass is 345 g/mol. The third kappa shape index (κ3) is 6.95. The van der Waals surface area contributed by atoms with Crippen LogP contribution in [0.3, 0.4) is 0 Å². The van der Waals surface area contributed by atoms with Crippen molar-refractivity contribution in [3.63, 3.8) is 0 Å². The van der Waals surface area contributed by atoms with E-state index in [1.807, 2.05) is 20.9 Å². The van der Waals surface area contributed by atoms with Gasteiger partial charge in [0.2, 0.25) is 10.0 Å². The Morgan fingerprint density at radius 3 is 2.65 bits per heavy atom. The first-order valence-corrected chi connectivity index (χ1v) is 9.53. The van der Waals surface area contributed by atoms with E-state index in [1.54, 1.807) is 4.68 Å². The number of aromatic nitrogens is 3. The number of hydrogen-bond acceptors (Lipinski definition) is 5. The molecule has 1 rings (SSSR count). The molecule has 23 heavy (non-hydrogen) atoms. The Morgan fingerprint density at radius 1 is 1.39 bits per heavy atom. The Kier molecular flexibility index (Phi) is 7.96. The molecule has 0 bridgehead atoms. The molecular weight excluding hydrogens is 318 g/mol. The number of nitrogens with zero attached hydrogens (tertiary/aromatic N) is 5. The van der Waals surface area contributed by atoms with Crippen LogP contribution in [0, 0.1) is 0 Å². The lowest BCUT2D eigenvalue weighted by atomic mass is 10.4. The van der Waals surface area contributed by atoms with E-state index < -0.39 is 10.0 Å². The maximum absolute atomic E-state index is 11.5. The first-order valence-electron chi connectivity index (χ1n) is 7.68. The molecule has 0 aliphatic carbocycles. The predicted molar refractivity (Wildman–Crippen MR) is 90.5 cm³/mol. The second-order valence-corrected chi connectivity index (χ2v) is 7.01. The molecule has 0 atom stereocenters. The van der Waals surface area contributed by atoms with Crippen LogP contribution in [0.15, 0.2) is 11.3 Å². The van der Waals surface area contributed by atoms with Gasteiger partial charge < -0.3 is 10.6 Å². The summed E-state index contributed by atoms with van der Waals surface area (Å²) in [5.41, 5.74) is 0. The zero-order valence-electron chi connectivity index (χ0n) is 14.3. The van der Waals surface area contributed by atoms with E-state index in [0.29, 0.717) is 38.6 Å². The lowest BCUT2D eigenvalue weighted by Crippen LogP contribution is -2.39. The number of sulfonamides is 1. The second kappa shape index (κ2) is 9.46. The Balaban J connectivity index is 2.46. The van der Waals surface area contributed by atoms with Crippen LogP contribution in [0.25, 0.3) is 0 Å². The molecule has 132 valence electrons. The number of rotatable bonds is 9. The molecule has 0 fully saturated rings. The van der Waals surface area contributed by atoms with Gasteiger partial charge >= 0.3 is 0 Å². The first-order chi connectivity index (χ1) is 10.9. The van der Waals surface area contributed by atoms with Crippen LogP contribution in [0.1, 0.15) is 26.1 Å². The minimum absolute atomic E-state index is 0.427. The van der Waals surface area contributed by atoms with Crippen LogP contribution in [0.4, 0.5) is 0 Å². The number of aryl methyl sites for hydroxylation is 1. The van der Waals surface area contributed by atoms with Gasteiger partial charge in [0.25, 0.3) is 0 Å². The molecule has 0 radical (unpaired) electrons. The van der Waals surface area contributed by atoms with Gasteiger partial charge in [-0.15, -0.1) is 0 Å². The standard InChI is InChI=1S/C13H27N7O2S/c1-5-14-13(16-10-12-17-11-18-19(12)3)15-8-7-9-20(6-2)23(4,21)22/h11H,5-10H2,1-4H3,(H2,14,15,16). The molecule has 0 aliphatic rings. The molecule has 1 aromatic rings. The first kappa shape index (κ1) is 19.4. The van der Waals surface area contributed by atoms with Gasteiger partial charge in [-0.05, 0) is 13.3 Å². The summed E-state index contributed by atoms with van der Waals surface area (Å²) in [7, 11) is -1.31. The average molecular weight is 345 g/mol. The van der Waals surface area contributed by atoms with Crippen molar-refractivity contribution >= 4 is 16.0 Å². The molecule has 10 heteroatoms. The molecule has 0 saturated carbocycles. The fraction of sp³-hybridized carbons (Fsp3) is 0.769. The summed E-state index contributed by atoms with van der Waals surface area (Å²) in [6, 6.07) is 0. The molecule has 1 aromatic heterocycles. The highest BCUT2D eigenvalue weighted by Crippen LogP contribution is 1.98. The SMILES string of the molecule is CCNC(=NCc1ncnn1C)NCCCN(CC)S(C)(=O)=O. The minimum atomic E-state index is -3.13. The summed E-state index contributed by atoms with van der Waals surface area (Å²) in [5, 5.41) is 10.3. The lowest BCUT2D eigenvalue weighted by molar-refractivity contribution is 0.424. The summed E-state index contributed by atoms with van der Waals surface area (Å²) in [6.07, 6.45) is 3.43. The molecule has 1 heterocycles. The van der Waals surface area contributed by atoms with E-state index in [-0.39, 0.29) is 0 Å². The van der Waals surface area contributed by atoms with Gasteiger partial charge in [-0.25, -0.2) is 22.7 Å². The zero-order valence-corrected chi connectivity index (χ0v) is 15.1. The fourth-order valence-electron chi connectivity index (χ4n) is 1.98. The predicted octanol–water partition coefficient (Wildman–Crippen LogP) is -0.458. The van der Waals surface area contributed by atoms with Gasteiger partial charge in [0.1, 0.15) is 18.7 Å². The van der Waals surface area contributed by atoms with E-state index in [4.69, 9.17) is 0 Å². The van der Waals surface area contributed by atoms with Gasteiger partial charge in [0.15, 0.2) is 5.96 Å². The quantitative estimate of drug-likeness (QED) is 0.357. The Bertz CT molecular complexity index is 597. The van der Waals surface area contributed by atoms with Crippen molar-refractivity contribution < 1.29 is 8.42 Å². The summed E-state index contributed by atoms with van der Waals surface area (Å²) in [5.74, 6) is 1.45. The normalized spacial score (nSPS) is 12.7. The molecule has 9 nitrogen and oxygen atoms in total. The summed E-state index contributed by atoms with van der Waals surface area (Å²) >= 11 is 0. The Hall–Kier alpha value is -1.68. The van der Waals surface area contributed by atoms with Crippen molar-refractivity contribution in [1.29, 1.82) is 0 Å². The van der Waals surface area contributed by atoms with Crippen LogP contribution >= 0.6 is 0 Å². The number of nitrogens with one attached hydrogen (secondary N) is 2. The lowest BCUT2D eigenvalue weighted by Gasteiger charge is -2.18. The van der Waals surface area contributed by atoms with Crippen LogP contribution in [-0.2, 0) is 23.6 Å². The second-order valence-electron chi connectivity index (χ2n) is 5.03. The third-order valence-electron chi connectivity index (χ3n) is 3.23. The molecule has 0 unspecified atom stereocenters. The van der Waals surface area contributed by atoms with Gasteiger partial charge in [0.05, 0.1) is 6.26 Å². The van der Waals surface area contributed by atoms with Gasteiger partial charge in [-0.3, -0.25) is 4.68 Å². The van der Waals surface area contributed by atoms with Gasteiger partial charge in [-0.2, -0.15) is 5.10 Å². The average Bonchev–Trinajstić information content (AvgIpc) is 2.88. The molecule has 2 N–H and O–H groups in total.